The average molecular weight is 796 g/mol. The van der Waals surface area contributed by atoms with Crippen molar-refractivity contribution in [3.8, 4) is 0 Å². The number of epoxide rings is 1. The van der Waals surface area contributed by atoms with Crippen molar-refractivity contribution in [2.24, 2.45) is 5.73 Å². The van der Waals surface area contributed by atoms with Gasteiger partial charge in [-0.15, -0.1) is 0 Å². The smallest absolute Gasteiger partial charge is 0.472 e. The van der Waals surface area contributed by atoms with E-state index in [1.165, 1.54) is 19.3 Å². The zero-order valence-corrected chi connectivity index (χ0v) is 34.3. The Labute approximate surface area is 330 Å². The van der Waals surface area contributed by atoms with Gasteiger partial charge in [0.25, 0.3) is 0 Å². The molecule has 0 spiro atoms. The van der Waals surface area contributed by atoms with E-state index >= 15 is 0 Å². The summed E-state index contributed by atoms with van der Waals surface area (Å²) in [5.74, 6) is -2.47. The highest BCUT2D eigenvalue weighted by Crippen LogP contribution is 2.43. The second kappa shape index (κ2) is 33.3. The van der Waals surface area contributed by atoms with Gasteiger partial charge >= 0.3 is 25.7 Å². The van der Waals surface area contributed by atoms with Crippen LogP contribution in [-0.4, -0.2) is 72.1 Å². The van der Waals surface area contributed by atoms with Gasteiger partial charge in [-0.25, -0.2) is 4.57 Å². The van der Waals surface area contributed by atoms with Gasteiger partial charge in [-0.2, -0.15) is 0 Å². The van der Waals surface area contributed by atoms with E-state index < -0.39 is 51.1 Å². The predicted octanol–water partition coefficient (Wildman–Crippen LogP) is 9.38. The molecule has 0 aromatic rings. The minimum Gasteiger partial charge on any atom is -0.480 e. The lowest BCUT2D eigenvalue weighted by molar-refractivity contribution is -0.161. The van der Waals surface area contributed by atoms with Crippen molar-refractivity contribution in [3.63, 3.8) is 0 Å². The maximum atomic E-state index is 12.6. The number of esters is 2. The minimum absolute atomic E-state index is 0.126. The van der Waals surface area contributed by atoms with Crippen LogP contribution < -0.4 is 5.73 Å². The molecular weight excluding hydrogens is 725 g/mol. The van der Waals surface area contributed by atoms with Crippen LogP contribution in [0.1, 0.15) is 142 Å². The number of hydrogen-bond acceptors (Lipinski definition) is 10. The Balaban J connectivity index is 2.35. The van der Waals surface area contributed by atoms with Gasteiger partial charge in [0.15, 0.2) is 6.10 Å². The maximum absolute atomic E-state index is 12.6. The molecule has 1 aliphatic heterocycles. The molecule has 1 aliphatic rings. The molecule has 0 radical (unpaired) electrons. The molecule has 13 heteroatoms. The molecule has 0 saturated carbocycles. The summed E-state index contributed by atoms with van der Waals surface area (Å²) in [5.41, 5.74) is 5.32. The Hall–Kier alpha value is -2.86. The third-order valence-corrected chi connectivity index (χ3v) is 9.62. The average Bonchev–Trinajstić information content (AvgIpc) is 3.91. The van der Waals surface area contributed by atoms with Gasteiger partial charge in [0.05, 0.1) is 25.4 Å². The lowest BCUT2D eigenvalue weighted by Gasteiger charge is -2.20. The molecule has 12 nitrogen and oxygen atoms in total. The van der Waals surface area contributed by atoms with Gasteiger partial charge in [0, 0.05) is 12.8 Å². The number of rotatable bonds is 36. The van der Waals surface area contributed by atoms with E-state index in [0.29, 0.717) is 25.0 Å². The summed E-state index contributed by atoms with van der Waals surface area (Å²) in [4.78, 5) is 45.9. The Bertz CT molecular complexity index is 1230. The number of carbonyl (C=O) groups excluding carboxylic acids is 2. The summed E-state index contributed by atoms with van der Waals surface area (Å²) in [7, 11) is -4.74. The molecule has 5 atom stereocenters. The van der Waals surface area contributed by atoms with Gasteiger partial charge in [0.1, 0.15) is 12.6 Å². The number of phosphoric ester groups is 1. The van der Waals surface area contributed by atoms with Crippen LogP contribution in [0.25, 0.3) is 0 Å². The molecule has 0 bridgehead atoms. The number of allylic oxidation sites excluding steroid dienone is 9. The number of nitrogens with two attached hydrogens (primary N) is 1. The predicted molar refractivity (Wildman–Crippen MR) is 216 cm³/mol. The van der Waals surface area contributed by atoms with Gasteiger partial charge in [-0.1, -0.05) is 113 Å². The summed E-state index contributed by atoms with van der Waals surface area (Å²) in [6, 6.07) is -1.53. The minimum atomic E-state index is -4.74. The Morgan fingerprint density at radius 2 is 1.25 bits per heavy atom. The second-order valence-electron chi connectivity index (χ2n) is 13.8. The van der Waals surface area contributed by atoms with Gasteiger partial charge < -0.3 is 29.9 Å². The van der Waals surface area contributed by atoms with Crippen molar-refractivity contribution < 1.29 is 52.2 Å². The van der Waals surface area contributed by atoms with Crippen LogP contribution in [0.3, 0.4) is 0 Å². The highest BCUT2D eigenvalue weighted by molar-refractivity contribution is 7.47. The normalized spacial score (nSPS) is 18.1. The summed E-state index contributed by atoms with van der Waals surface area (Å²) < 4.78 is 38.4. The number of aliphatic carboxylic acids is 1. The van der Waals surface area contributed by atoms with E-state index in [9.17, 15) is 23.8 Å². The van der Waals surface area contributed by atoms with Crippen molar-refractivity contribution in [2.45, 2.75) is 167 Å². The molecule has 1 rings (SSSR count). The zero-order chi connectivity index (χ0) is 40.4. The largest absolute Gasteiger partial charge is 0.480 e. The van der Waals surface area contributed by atoms with Gasteiger partial charge in [-0.3, -0.25) is 23.4 Å². The highest BCUT2D eigenvalue weighted by atomic mass is 31.2. The van der Waals surface area contributed by atoms with Crippen LogP contribution >= 0.6 is 7.82 Å². The van der Waals surface area contributed by atoms with Crippen molar-refractivity contribution >= 4 is 25.7 Å². The molecule has 55 heavy (non-hydrogen) atoms. The quantitative estimate of drug-likeness (QED) is 0.0180. The fourth-order valence-electron chi connectivity index (χ4n) is 5.35. The van der Waals surface area contributed by atoms with E-state index in [1.807, 2.05) is 0 Å². The summed E-state index contributed by atoms with van der Waals surface area (Å²) in [5, 5.41) is 8.88. The fourth-order valence-corrected chi connectivity index (χ4v) is 6.13. The molecule has 0 aromatic carbocycles. The van der Waals surface area contributed by atoms with Gasteiger partial charge in [0.2, 0.25) is 0 Å². The molecule has 314 valence electrons. The van der Waals surface area contributed by atoms with Crippen LogP contribution in [0, 0.1) is 0 Å². The van der Waals surface area contributed by atoms with Crippen LogP contribution in [0.4, 0.5) is 0 Å². The van der Waals surface area contributed by atoms with E-state index in [1.54, 1.807) is 0 Å². The van der Waals surface area contributed by atoms with Crippen LogP contribution in [0.15, 0.2) is 60.8 Å². The Morgan fingerprint density at radius 3 is 1.93 bits per heavy atom. The lowest BCUT2D eigenvalue weighted by Crippen LogP contribution is -2.34. The topological polar surface area (TPSA) is 184 Å². The SMILES string of the molecule is CC/C=C\C/C=C\C/C=C\C/C=C\CCCCC(=O)OC[C@H](COP(=O)(O)OC[C@H](N)C(=O)O)OC(=O)CCCCCCCC1OC1C/C=C\CCCCC. The third-order valence-electron chi connectivity index (χ3n) is 8.67. The first-order chi connectivity index (χ1) is 26.6. The van der Waals surface area contributed by atoms with E-state index in [2.05, 4.69) is 79.1 Å². The molecule has 1 fully saturated rings. The van der Waals surface area contributed by atoms with Crippen molar-refractivity contribution in [2.75, 3.05) is 19.8 Å². The first-order valence-corrected chi connectivity index (χ1v) is 21.9. The number of phosphoric acid groups is 1. The monoisotopic (exact) mass is 795 g/mol. The van der Waals surface area contributed by atoms with E-state index in [4.69, 9.17) is 29.6 Å². The standard InChI is InChI=1S/C42H70NO11P/c1-3-5-7-9-11-12-13-14-15-16-17-18-19-23-27-31-40(44)50-33-36(34-51-55(48,49)52-35-37(43)42(46)47)53-41(45)32-28-24-20-22-26-30-39-38(54-39)29-25-21-10-8-6-4-2/h5,7,11-12,14-15,17-18,21,25,36-39H,3-4,6,8-10,13,16,19-20,22-24,26-35,43H2,1-2H3,(H,46,47)(H,48,49)/b7-5-,12-11-,15-14-,18-17-,25-21-/t36-,37+,38?,39?/m1/s1. The summed E-state index contributed by atoms with van der Waals surface area (Å²) in [6.45, 7) is 2.57. The molecule has 0 aliphatic carbocycles. The van der Waals surface area contributed by atoms with Crippen LogP contribution in [-0.2, 0) is 42.2 Å². The van der Waals surface area contributed by atoms with Crippen molar-refractivity contribution in [1.29, 1.82) is 0 Å². The van der Waals surface area contributed by atoms with Crippen LogP contribution in [0.5, 0.6) is 0 Å². The van der Waals surface area contributed by atoms with Crippen molar-refractivity contribution in [3.05, 3.63) is 60.8 Å². The summed E-state index contributed by atoms with van der Waals surface area (Å²) in [6.07, 6.45) is 38.8. The molecule has 0 aromatic heterocycles. The summed E-state index contributed by atoms with van der Waals surface area (Å²) >= 11 is 0. The van der Waals surface area contributed by atoms with Crippen LogP contribution in [0.2, 0.25) is 0 Å². The Morgan fingerprint density at radius 1 is 0.691 bits per heavy atom. The number of carboxylic acid groups (broad SMARTS) is 1. The molecule has 3 unspecified atom stereocenters. The maximum Gasteiger partial charge on any atom is 0.472 e. The first-order valence-electron chi connectivity index (χ1n) is 20.4. The zero-order valence-electron chi connectivity index (χ0n) is 33.4. The molecule has 1 heterocycles. The number of carbonyl (C=O) groups is 3. The second-order valence-corrected chi connectivity index (χ2v) is 15.2. The number of hydrogen-bond donors (Lipinski definition) is 3. The van der Waals surface area contributed by atoms with E-state index in [0.717, 1.165) is 83.5 Å². The van der Waals surface area contributed by atoms with E-state index in [-0.39, 0.29) is 19.4 Å². The fraction of sp³-hybridized carbons (Fsp3) is 0.690. The molecular formula is C42H70NO11P. The molecule has 1 saturated heterocycles. The van der Waals surface area contributed by atoms with Gasteiger partial charge in [-0.05, 0) is 77.0 Å². The molecule has 4 N–H and O–H groups in total. The first kappa shape index (κ1) is 50.2. The number of unbranched alkanes of at least 4 members (excludes halogenated alkanes) is 9. The number of ether oxygens (including phenoxy) is 3. The molecule has 0 amide bonds. The lowest BCUT2D eigenvalue weighted by atomic mass is 10.1. The highest BCUT2D eigenvalue weighted by Gasteiger charge is 2.36. The third kappa shape index (κ3) is 31.0. The number of carboxylic acids is 1. The Kier molecular flexibility index (Phi) is 30.4. The van der Waals surface area contributed by atoms with Crippen molar-refractivity contribution in [1.82, 2.24) is 0 Å².